The maximum absolute atomic E-state index is 13.1. The zero-order valence-corrected chi connectivity index (χ0v) is 19.9. The summed E-state index contributed by atoms with van der Waals surface area (Å²) in [7, 11) is 6.81. The molecular weight excluding hydrogens is 484 g/mol. The highest BCUT2D eigenvalue weighted by Gasteiger charge is 2.21. The Labute approximate surface area is 205 Å². The first-order chi connectivity index (χ1) is 15.7. The van der Waals surface area contributed by atoms with Crippen LogP contribution in [0.25, 0.3) is 11.3 Å². The number of nitrogens with zero attached hydrogens (tertiary/aromatic N) is 2. The number of benzene rings is 2. The first kappa shape index (κ1) is 24.6. The number of aryl methyl sites for hydroxylation is 1. The van der Waals surface area contributed by atoms with Gasteiger partial charge in [0.15, 0.2) is 5.81 Å². The topological polar surface area (TPSA) is 119 Å². The Bertz CT molecular complexity index is 1210. The number of carbonyl (C=O) groups is 2. The number of amides is 2. The standard InChI is InChI=1S/C21H18BCl2N5O3S/c1-10-16(18(29-33-10)12-3-5-13(32-2)6-4-12)19(30)27-21(28-20(22)31)26-9-11-7-14(23)17(25)15(24)8-11/h3-8H,9,25H2,1-2H3,(H2,26,27,28,30,31). The van der Waals surface area contributed by atoms with Gasteiger partial charge in [-0.25, -0.2) is 4.99 Å². The molecule has 2 aromatic carbocycles. The van der Waals surface area contributed by atoms with E-state index in [4.69, 9.17) is 41.5 Å². The number of rotatable bonds is 5. The molecule has 0 spiro atoms. The molecule has 12 heteroatoms. The van der Waals surface area contributed by atoms with Crippen molar-refractivity contribution < 1.29 is 14.3 Å². The second-order valence-electron chi connectivity index (χ2n) is 6.77. The summed E-state index contributed by atoms with van der Waals surface area (Å²) >= 11 is 13.3. The molecule has 4 N–H and O–H groups in total. The number of halogens is 2. The van der Waals surface area contributed by atoms with Gasteiger partial charge in [0, 0.05) is 10.4 Å². The number of nitrogen functional groups attached to an aromatic ring is 1. The molecule has 0 aliphatic rings. The van der Waals surface area contributed by atoms with Crippen molar-refractivity contribution in [2.24, 2.45) is 4.99 Å². The number of guanidine groups is 1. The maximum Gasteiger partial charge on any atom is 0.261 e. The van der Waals surface area contributed by atoms with Crippen LogP contribution in [0.1, 0.15) is 20.8 Å². The lowest BCUT2D eigenvalue weighted by Gasteiger charge is -2.11. The van der Waals surface area contributed by atoms with Gasteiger partial charge < -0.3 is 15.8 Å². The predicted octanol–water partition coefficient (Wildman–Crippen LogP) is 4.18. The highest BCUT2D eigenvalue weighted by atomic mass is 35.5. The molecule has 1 heterocycles. The minimum absolute atomic E-state index is 0.0435. The Hall–Kier alpha value is -3.08. The van der Waals surface area contributed by atoms with Gasteiger partial charge in [-0.2, -0.15) is 4.37 Å². The minimum atomic E-state index is -0.891. The number of aliphatic imine (C=N–C) groups is 1. The van der Waals surface area contributed by atoms with Gasteiger partial charge in [0.25, 0.3) is 5.91 Å². The number of nitrogens with one attached hydrogen (secondary N) is 2. The largest absolute Gasteiger partial charge is 0.497 e. The van der Waals surface area contributed by atoms with Gasteiger partial charge in [0.2, 0.25) is 13.8 Å². The Morgan fingerprint density at radius 2 is 1.82 bits per heavy atom. The Balaban J connectivity index is 1.87. The van der Waals surface area contributed by atoms with Gasteiger partial charge in [0.05, 0.1) is 40.6 Å². The molecule has 0 saturated carbocycles. The summed E-state index contributed by atoms with van der Waals surface area (Å²) in [6.45, 7) is 1.82. The molecule has 168 valence electrons. The van der Waals surface area contributed by atoms with Crippen LogP contribution in [-0.4, -0.2) is 37.0 Å². The third kappa shape index (κ3) is 6.04. The molecule has 33 heavy (non-hydrogen) atoms. The molecule has 0 aliphatic heterocycles. The minimum Gasteiger partial charge on any atom is -0.497 e. The van der Waals surface area contributed by atoms with E-state index in [-0.39, 0.29) is 28.2 Å². The van der Waals surface area contributed by atoms with Gasteiger partial charge in [-0.1, -0.05) is 23.2 Å². The van der Waals surface area contributed by atoms with E-state index < -0.39 is 11.7 Å². The molecule has 1 aromatic heterocycles. The number of carbonyl (C=O) groups excluding carboxylic acids is 2. The van der Waals surface area contributed by atoms with Gasteiger partial charge >= 0.3 is 0 Å². The van der Waals surface area contributed by atoms with Gasteiger partial charge in [-0.05, 0) is 60.4 Å². The van der Waals surface area contributed by atoms with E-state index in [1.807, 2.05) is 0 Å². The van der Waals surface area contributed by atoms with Crippen molar-refractivity contribution in [3.63, 3.8) is 0 Å². The van der Waals surface area contributed by atoms with Gasteiger partial charge in [0.1, 0.15) is 5.75 Å². The summed E-state index contributed by atoms with van der Waals surface area (Å²) in [5.74, 6) is -0.853. The average molecular weight is 502 g/mol. The predicted molar refractivity (Wildman–Crippen MR) is 133 cm³/mol. The molecule has 2 radical (unpaired) electrons. The maximum atomic E-state index is 13.1. The van der Waals surface area contributed by atoms with Crippen LogP contribution in [-0.2, 0) is 6.54 Å². The van der Waals surface area contributed by atoms with Crippen LogP contribution >= 0.6 is 34.7 Å². The number of methoxy groups -OCH3 is 1. The van der Waals surface area contributed by atoms with E-state index in [9.17, 15) is 9.59 Å². The van der Waals surface area contributed by atoms with Crippen molar-refractivity contribution in [2.75, 3.05) is 12.8 Å². The summed E-state index contributed by atoms with van der Waals surface area (Å²) in [4.78, 5) is 29.5. The summed E-state index contributed by atoms with van der Waals surface area (Å²) in [6.07, 6.45) is 0. The normalized spacial score (nSPS) is 11.2. The first-order valence-electron chi connectivity index (χ1n) is 9.46. The molecule has 0 atom stereocenters. The lowest BCUT2D eigenvalue weighted by atomic mass is 10.1. The van der Waals surface area contributed by atoms with Crippen LogP contribution in [0, 0.1) is 6.92 Å². The van der Waals surface area contributed by atoms with Crippen molar-refractivity contribution in [1.82, 2.24) is 15.0 Å². The molecule has 0 bridgehead atoms. The fourth-order valence-electron chi connectivity index (χ4n) is 2.88. The third-order valence-electron chi connectivity index (χ3n) is 4.49. The Morgan fingerprint density at radius 1 is 1.18 bits per heavy atom. The van der Waals surface area contributed by atoms with Crippen molar-refractivity contribution in [3.8, 4) is 17.0 Å². The van der Waals surface area contributed by atoms with Crippen molar-refractivity contribution in [3.05, 3.63) is 62.4 Å². The molecule has 0 aliphatic carbocycles. The molecule has 0 fully saturated rings. The van der Waals surface area contributed by atoms with Crippen molar-refractivity contribution >= 4 is 65.9 Å². The number of ether oxygens (including phenoxy) is 1. The number of aromatic nitrogens is 1. The van der Waals surface area contributed by atoms with Crippen molar-refractivity contribution in [2.45, 2.75) is 13.5 Å². The molecule has 0 unspecified atom stereocenters. The van der Waals surface area contributed by atoms with E-state index in [0.717, 1.165) is 5.56 Å². The highest BCUT2D eigenvalue weighted by molar-refractivity contribution is 7.06. The fraction of sp³-hybridized carbons (Fsp3) is 0.143. The first-order valence-corrected chi connectivity index (χ1v) is 11.0. The molecule has 8 nitrogen and oxygen atoms in total. The Kier molecular flexibility index (Phi) is 7.96. The number of hydrogen-bond acceptors (Lipinski definition) is 7. The quantitative estimate of drug-likeness (QED) is 0.210. The molecule has 3 aromatic rings. The zero-order valence-electron chi connectivity index (χ0n) is 17.6. The van der Waals surface area contributed by atoms with Gasteiger partial charge in [-0.3, -0.25) is 14.9 Å². The third-order valence-corrected chi connectivity index (χ3v) is 5.86. The highest BCUT2D eigenvalue weighted by Crippen LogP contribution is 2.30. The monoisotopic (exact) mass is 501 g/mol. The number of anilines is 1. The second kappa shape index (κ2) is 10.7. The summed E-state index contributed by atoms with van der Waals surface area (Å²) < 4.78 is 9.57. The van der Waals surface area contributed by atoms with Crippen LogP contribution in [0.4, 0.5) is 10.5 Å². The van der Waals surface area contributed by atoms with E-state index in [1.165, 1.54) is 11.5 Å². The summed E-state index contributed by atoms with van der Waals surface area (Å²) in [5.41, 5.74) is 8.19. The molecule has 2 amide bonds. The zero-order chi connectivity index (χ0) is 24.1. The van der Waals surface area contributed by atoms with E-state index in [2.05, 4.69) is 20.0 Å². The fourth-order valence-corrected chi connectivity index (χ4v) is 4.12. The smallest absolute Gasteiger partial charge is 0.261 e. The van der Waals surface area contributed by atoms with E-state index in [0.29, 0.717) is 27.4 Å². The van der Waals surface area contributed by atoms with Gasteiger partial charge in [-0.15, -0.1) is 0 Å². The summed E-state index contributed by atoms with van der Waals surface area (Å²) in [5, 5.41) is 5.43. The van der Waals surface area contributed by atoms with E-state index >= 15 is 0 Å². The SMILES string of the molecule is [B]C(=O)NC(=NCc1cc(Cl)c(N)c(Cl)c1)NC(=O)c1c(-c2ccc(OC)cc2)nsc1C. The molecular formula is C21H18BCl2N5O3S. The average Bonchev–Trinajstić information content (AvgIpc) is 3.16. The van der Waals surface area contributed by atoms with Crippen LogP contribution in [0.5, 0.6) is 5.75 Å². The Morgan fingerprint density at radius 3 is 2.39 bits per heavy atom. The molecule has 3 rings (SSSR count). The van der Waals surface area contributed by atoms with E-state index in [1.54, 1.807) is 50.4 Å². The second-order valence-corrected chi connectivity index (χ2v) is 8.56. The number of nitrogens with two attached hydrogens (primary N) is 1. The van der Waals surface area contributed by atoms with Crippen LogP contribution < -0.4 is 21.1 Å². The van der Waals surface area contributed by atoms with Crippen LogP contribution in [0.3, 0.4) is 0 Å². The lowest BCUT2D eigenvalue weighted by molar-refractivity contribution is 0.0976. The van der Waals surface area contributed by atoms with Crippen molar-refractivity contribution in [1.29, 1.82) is 0 Å². The summed E-state index contributed by atoms with van der Waals surface area (Å²) in [6, 6.07) is 10.3. The molecule has 0 saturated heterocycles. The van der Waals surface area contributed by atoms with Crippen LogP contribution in [0.2, 0.25) is 10.0 Å². The van der Waals surface area contributed by atoms with Crippen LogP contribution in [0.15, 0.2) is 41.4 Å². The lowest BCUT2D eigenvalue weighted by Crippen LogP contribution is -2.43. The number of hydrogen-bond donors (Lipinski definition) is 3.